The largest absolute Gasteiger partial charge is 0.493 e. The van der Waals surface area contributed by atoms with Gasteiger partial charge in [0.25, 0.3) is 0 Å². The molecule has 0 N–H and O–H groups in total. The summed E-state index contributed by atoms with van der Waals surface area (Å²) in [6.45, 7) is 2.57. The van der Waals surface area contributed by atoms with Crippen LogP contribution in [-0.2, 0) is 13.0 Å². The molecule has 154 valence electrons. The SMILES string of the molecule is COc1cc2c(cc1OC)C(=O)C(CC1CCN(Cc3ccccc3F)CC1)C2. The van der Waals surface area contributed by atoms with Gasteiger partial charge in [0, 0.05) is 23.6 Å². The van der Waals surface area contributed by atoms with Crippen molar-refractivity contribution in [3.63, 3.8) is 0 Å². The molecule has 1 heterocycles. The van der Waals surface area contributed by atoms with E-state index in [2.05, 4.69) is 4.90 Å². The zero-order valence-electron chi connectivity index (χ0n) is 17.1. The molecule has 1 saturated heterocycles. The molecule has 0 bridgehead atoms. The zero-order chi connectivity index (χ0) is 20.4. The second kappa shape index (κ2) is 8.54. The van der Waals surface area contributed by atoms with E-state index in [1.54, 1.807) is 20.3 Å². The zero-order valence-corrected chi connectivity index (χ0v) is 17.1. The molecule has 29 heavy (non-hydrogen) atoms. The van der Waals surface area contributed by atoms with Crippen molar-refractivity contribution in [2.75, 3.05) is 27.3 Å². The highest BCUT2D eigenvalue weighted by atomic mass is 19.1. The lowest BCUT2D eigenvalue weighted by molar-refractivity contribution is 0.0895. The number of hydrogen-bond donors (Lipinski definition) is 0. The molecule has 4 nitrogen and oxygen atoms in total. The fourth-order valence-corrected chi connectivity index (χ4v) is 4.74. The topological polar surface area (TPSA) is 38.8 Å². The Bertz CT molecular complexity index is 890. The number of piperidine rings is 1. The molecular weight excluding hydrogens is 369 g/mol. The van der Waals surface area contributed by atoms with E-state index in [1.807, 2.05) is 24.3 Å². The maximum Gasteiger partial charge on any atom is 0.166 e. The highest BCUT2D eigenvalue weighted by Gasteiger charge is 2.34. The lowest BCUT2D eigenvalue weighted by Gasteiger charge is -2.33. The van der Waals surface area contributed by atoms with Gasteiger partial charge in [0.2, 0.25) is 0 Å². The number of Topliss-reactive ketones (excluding diaryl/α,β-unsaturated/α-hetero) is 1. The van der Waals surface area contributed by atoms with Gasteiger partial charge in [-0.2, -0.15) is 0 Å². The van der Waals surface area contributed by atoms with E-state index >= 15 is 0 Å². The van der Waals surface area contributed by atoms with Gasteiger partial charge in [-0.3, -0.25) is 9.69 Å². The molecule has 2 aromatic rings. The molecule has 1 aliphatic carbocycles. The van der Waals surface area contributed by atoms with Gasteiger partial charge >= 0.3 is 0 Å². The molecule has 1 unspecified atom stereocenters. The maximum atomic E-state index is 13.9. The van der Waals surface area contributed by atoms with Crippen LogP contribution in [0, 0.1) is 17.7 Å². The Morgan fingerprint density at radius 1 is 1.07 bits per heavy atom. The summed E-state index contributed by atoms with van der Waals surface area (Å²) >= 11 is 0. The number of ether oxygens (including phenoxy) is 2. The van der Waals surface area contributed by atoms with Gasteiger partial charge in [-0.15, -0.1) is 0 Å². The summed E-state index contributed by atoms with van der Waals surface area (Å²) in [5.74, 6) is 1.98. The van der Waals surface area contributed by atoms with E-state index in [0.29, 0.717) is 24.0 Å². The minimum Gasteiger partial charge on any atom is -0.493 e. The minimum absolute atomic E-state index is 0.0462. The Hall–Kier alpha value is -2.40. The third-order valence-electron chi connectivity index (χ3n) is 6.39. The maximum absolute atomic E-state index is 13.9. The lowest BCUT2D eigenvalue weighted by atomic mass is 9.85. The van der Waals surface area contributed by atoms with E-state index in [1.165, 1.54) is 6.07 Å². The fraction of sp³-hybridized carbons (Fsp3) is 0.458. The monoisotopic (exact) mass is 397 g/mol. The number of ketones is 1. The Morgan fingerprint density at radius 2 is 1.76 bits per heavy atom. The van der Waals surface area contributed by atoms with Gasteiger partial charge in [0.1, 0.15) is 5.82 Å². The first-order valence-electron chi connectivity index (χ1n) is 10.3. The fourth-order valence-electron chi connectivity index (χ4n) is 4.74. The highest BCUT2D eigenvalue weighted by Crippen LogP contribution is 2.39. The van der Waals surface area contributed by atoms with E-state index < -0.39 is 0 Å². The predicted octanol–water partition coefficient (Wildman–Crippen LogP) is 4.50. The Balaban J connectivity index is 1.34. The number of halogens is 1. The van der Waals surface area contributed by atoms with Crippen LogP contribution in [0.4, 0.5) is 4.39 Å². The summed E-state index contributed by atoms with van der Waals surface area (Å²) in [5.41, 5.74) is 2.61. The van der Waals surface area contributed by atoms with Crippen LogP contribution in [-0.4, -0.2) is 38.0 Å². The van der Waals surface area contributed by atoms with E-state index in [0.717, 1.165) is 55.5 Å². The third kappa shape index (κ3) is 4.15. The molecule has 1 atom stereocenters. The molecule has 4 rings (SSSR count). The first-order valence-corrected chi connectivity index (χ1v) is 10.3. The number of rotatable bonds is 6. The molecule has 5 heteroatoms. The van der Waals surface area contributed by atoms with Crippen LogP contribution in [0.25, 0.3) is 0 Å². The van der Waals surface area contributed by atoms with Crippen LogP contribution in [0.1, 0.15) is 40.7 Å². The molecule has 2 aromatic carbocycles. The van der Waals surface area contributed by atoms with Crippen LogP contribution >= 0.6 is 0 Å². The van der Waals surface area contributed by atoms with Crippen molar-refractivity contribution in [3.05, 3.63) is 58.9 Å². The molecule has 0 saturated carbocycles. The average Bonchev–Trinajstić information content (AvgIpc) is 3.04. The summed E-state index contributed by atoms with van der Waals surface area (Å²) in [4.78, 5) is 15.2. The Labute approximate surface area is 171 Å². The van der Waals surface area contributed by atoms with Crippen molar-refractivity contribution in [1.82, 2.24) is 4.90 Å². The summed E-state index contributed by atoms with van der Waals surface area (Å²) in [7, 11) is 3.21. The minimum atomic E-state index is -0.130. The van der Waals surface area contributed by atoms with Gasteiger partial charge in [-0.05, 0) is 68.5 Å². The van der Waals surface area contributed by atoms with Gasteiger partial charge in [-0.1, -0.05) is 18.2 Å². The number of hydrogen-bond acceptors (Lipinski definition) is 4. The van der Waals surface area contributed by atoms with Crippen LogP contribution in [0.2, 0.25) is 0 Å². The van der Waals surface area contributed by atoms with Crippen molar-refractivity contribution in [2.24, 2.45) is 11.8 Å². The predicted molar refractivity (Wildman–Crippen MR) is 110 cm³/mol. The molecule has 2 aliphatic rings. The number of carbonyl (C=O) groups excluding carboxylic acids is 1. The third-order valence-corrected chi connectivity index (χ3v) is 6.39. The van der Waals surface area contributed by atoms with E-state index in [4.69, 9.17) is 9.47 Å². The summed E-state index contributed by atoms with van der Waals surface area (Å²) in [6.07, 6.45) is 3.82. The van der Waals surface area contributed by atoms with E-state index in [-0.39, 0.29) is 17.5 Å². The first-order chi connectivity index (χ1) is 14.1. The highest BCUT2D eigenvalue weighted by molar-refractivity contribution is 6.02. The second-order valence-electron chi connectivity index (χ2n) is 8.18. The van der Waals surface area contributed by atoms with Crippen LogP contribution in [0.5, 0.6) is 11.5 Å². The van der Waals surface area contributed by atoms with Gasteiger partial charge in [-0.25, -0.2) is 4.39 Å². The number of likely N-dealkylation sites (tertiary alicyclic amines) is 1. The first kappa shape index (κ1) is 19.9. The van der Waals surface area contributed by atoms with E-state index in [9.17, 15) is 9.18 Å². The molecule has 0 aromatic heterocycles. The Kier molecular flexibility index (Phi) is 5.86. The van der Waals surface area contributed by atoms with Crippen molar-refractivity contribution in [2.45, 2.75) is 32.2 Å². The number of methoxy groups -OCH3 is 2. The summed E-state index contributed by atoms with van der Waals surface area (Å²) in [6, 6.07) is 10.8. The lowest BCUT2D eigenvalue weighted by Crippen LogP contribution is -2.34. The van der Waals surface area contributed by atoms with Crippen LogP contribution in [0.3, 0.4) is 0 Å². The van der Waals surface area contributed by atoms with Crippen molar-refractivity contribution in [1.29, 1.82) is 0 Å². The van der Waals surface area contributed by atoms with Gasteiger partial charge in [0.15, 0.2) is 17.3 Å². The van der Waals surface area contributed by atoms with Crippen molar-refractivity contribution in [3.8, 4) is 11.5 Å². The quantitative estimate of drug-likeness (QED) is 0.719. The van der Waals surface area contributed by atoms with Gasteiger partial charge in [0.05, 0.1) is 14.2 Å². The molecule has 1 fully saturated rings. The smallest absolute Gasteiger partial charge is 0.166 e. The molecule has 0 spiro atoms. The van der Waals surface area contributed by atoms with Crippen molar-refractivity contribution >= 4 is 5.78 Å². The van der Waals surface area contributed by atoms with Crippen LogP contribution < -0.4 is 9.47 Å². The molecule has 0 amide bonds. The normalized spacial score (nSPS) is 20.0. The summed E-state index contributed by atoms with van der Waals surface area (Å²) in [5, 5.41) is 0. The Morgan fingerprint density at radius 3 is 2.45 bits per heavy atom. The molecule has 1 aliphatic heterocycles. The molecule has 0 radical (unpaired) electrons. The summed E-state index contributed by atoms with van der Waals surface area (Å²) < 4.78 is 24.6. The number of carbonyl (C=O) groups is 1. The number of fused-ring (bicyclic) bond motifs is 1. The van der Waals surface area contributed by atoms with Crippen molar-refractivity contribution < 1.29 is 18.7 Å². The average molecular weight is 397 g/mol. The van der Waals surface area contributed by atoms with Crippen LogP contribution in [0.15, 0.2) is 36.4 Å². The second-order valence-corrected chi connectivity index (χ2v) is 8.18. The molecular formula is C24H28FNO3. The number of benzene rings is 2. The standard InChI is InChI=1S/C24H28FNO3/c1-28-22-13-18-12-19(24(27)20(18)14-23(22)29-2)11-16-7-9-26(10-8-16)15-17-5-3-4-6-21(17)25/h3-6,13-14,16,19H,7-12,15H2,1-2H3. The van der Waals surface area contributed by atoms with Gasteiger partial charge < -0.3 is 9.47 Å². The number of nitrogens with zero attached hydrogens (tertiary/aromatic N) is 1.